The summed E-state index contributed by atoms with van der Waals surface area (Å²) in [5, 5.41) is 2.92. The average molecular weight is 341 g/mol. The van der Waals surface area contributed by atoms with Crippen LogP contribution in [0.1, 0.15) is 41.0 Å². The van der Waals surface area contributed by atoms with Crippen molar-refractivity contribution < 1.29 is 14.3 Å². The van der Waals surface area contributed by atoms with Gasteiger partial charge < -0.3 is 14.8 Å². The highest BCUT2D eigenvalue weighted by Gasteiger charge is 2.27. The summed E-state index contributed by atoms with van der Waals surface area (Å²) in [5.74, 6) is 1.93. The average Bonchev–Trinajstić information content (AvgIpc) is 2.47. The van der Waals surface area contributed by atoms with Crippen LogP contribution in [0.5, 0.6) is 17.2 Å². The second-order valence-corrected chi connectivity index (χ2v) is 8.02. The lowest BCUT2D eigenvalue weighted by Gasteiger charge is -2.32. The number of carbonyl (C=O) groups is 1. The summed E-state index contributed by atoms with van der Waals surface area (Å²) >= 11 is 0. The molecule has 4 nitrogen and oxygen atoms in total. The van der Waals surface area contributed by atoms with Gasteiger partial charge in [-0.2, -0.15) is 0 Å². The molecule has 0 spiro atoms. The van der Waals surface area contributed by atoms with E-state index in [0.717, 1.165) is 12.2 Å². The number of benzene rings is 2. The molecule has 4 heteroatoms. The van der Waals surface area contributed by atoms with Gasteiger partial charge in [0.15, 0.2) is 0 Å². The van der Waals surface area contributed by atoms with Crippen molar-refractivity contribution in [2.75, 3.05) is 0 Å². The molecule has 2 aromatic carbocycles. The van der Waals surface area contributed by atoms with Crippen molar-refractivity contribution in [2.24, 2.45) is 5.41 Å². The maximum atomic E-state index is 12.1. The first-order chi connectivity index (χ1) is 11.6. The van der Waals surface area contributed by atoms with E-state index in [2.05, 4.69) is 26.1 Å². The third-order valence-corrected chi connectivity index (χ3v) is 3.43. The zero-order valence-corrected chi connectivity index (χ0v) is 15.6. The van der Waals surface area contributed by atoms with Gasteiger partial charge in [0.25, 0.3) is 0 Å². The minimum atomic E-state index is -0.453. The van der Waals surface area contributed by atoms with Gasteiger partial charge >= 0.3 is 6.09 Å². The van der Waals surface area contributed by atoms with E-state index in [1.807, 2.05) is 44.2 Å². The van der Waals surface area contributed by atoms with Crippen LogP contribution in [0.15, 0.2) is 54.6 Å². The molecule has 2 aromatic rings. The Labute approximate surface area is 150 Å². The highest BCUT2D eigenvalue weighted by Crippen LogP contribution is 2.27. The van der Waals surface area contributed by atoms with Crippen LogP contribution in [-0.4, -0.2) is 11.6 Å². The predicted octanol–water partition coefficient (Wildman–Crippen LogP) is 5.78. The van der Waals surface area contributed by atoms with E-state index in [0.29, 0.717) is 11.5 Å². The Kier molecular flexibility index (Phi) is 5.73. The van der Waals surface area contributed by atoms with E-state index in [-0.39, 0.29) is 11.0 Å². The first kappa shape index (κ1) is 18.8. The number of hydrogen-bond acceptors (Lipinski definition) is 3. The Morgan fingerprint density at radius 1 is 0.840 bits per heavy atom. The molecule has 0 fully saturated rings. The van der Waals surface area contributed by atoms with Crippen LogP contribution in [0.3, 0.4) is 0 Å². The molecule has 0 unspecified atom stereocenters. The molecule has 0 heterocycles. The molecule has 0 atom stereocenters. The first-order valence-corrected chi connectivity index (χ1v) is 8.46. The molecule has 0 aliphatic carbocycles. The second kappa shape index (κ2) is 7.60. The number of amides is 1. The van der Waals surface area contributed by atoms with E-state index in [9.17, 15) is 4.79 Å². The van der Waals surface area contributed by atoms with E-state index in [4.69, 9.17) is 9.47 Å². The molecule has 0 aliphatic heterocycles. The van der Waals surface area contributed by atoms with E-state index in [1.165, 1.54) is 0 Å². The van der Waals surface area contributed by atoms with Gasteiger partial charge in [0, 0.05) is 5.54 Å². The van der Waals surface area contributed by atoms with Crippen LogP contribution in [0.2, 0.25) is 0 Å². The van der Waals surface area contributed by atoms with Crippen LogP contribution >= 0.6 is 0 Å². The maximum absolute atomic E-state index is 12.1. The van der Waals surface area contributed by atoms with Crippen molar-refractivity contribution in [3.63, 3.8) is 0 Å². The first-order valence-electron chi connectivity index (χ1n) is 8.46. The number of rotatable bonds is 5. The predicted molar refractivity (Wildman–Crippen MR) is 100 cm³/mol. The Hall–Kier alpha value is -2.49. The van der Waals surface area contributed by atoms with Gasteiger partial charge in [-0.3, -0.25) is 0 Å². The van der Waals surface area contributed by atoms with Gasteiger partial charge in [0.05, 0.1) is 0 Å². The lowest BCUT2D eigenvalue weighted by molar-refractivity contribution is 0.175. The number of ether oxygens (including phenoxy) is 2. The fraction of sp³-hybridized carbons (Fsp3) is 0.381. The number of para-hydroxylation sites is 1. The zero-order chi connectivity index (χ0) is 18.5. The third kappa shape index (κ3) is 6.87. The highest BCUT2D eigenvalue weighted by molar-refractivity contribution is 5.71. The van der Waals surface area contributed by atoms with Crippen molar-refractivity contribution >= 4 is 6.09 Å². The Balaban J connectivity index is 1.91. The van der Waals surface area contributed by atoms with E-state index < -0.39 is 6.09 Å². The molecule has 0 aliphatic rings. The molecular weight excluding hydrogens is 314 g/mol. The van der Waals surface area contributed by atoms with Crippen LogP contribution in [0.4, 0.5) is 4.79 Å². The largest absolute Gasteiger partial charge is 0.457 e. The molecule has 0 radical (unpaired) electrons. The van der Waals surface area contributed by atoms with Gasteiger partial charge in [-0.25, -0.2) is 4.79 Å². The minimum absolute atomic E-state index is 0.118. The topological polar surface area (TPSA) is 47.6 Å². The molecular formula is C21H27NO3. The van der Waals surface area contributed by atoms with Gasteiger partial charge in [0.2, 0.25) is 0 Å². The normalized spacial score (nSPS) is 11.7. The molecule has 0 saturated carbocycles. The maximum Gasteiger partial charge on any atom is 0.413 e. The van der Waals surface area contributed by atoms with Crippen LogP contribution < -0.4 is 14.8 Å². The molecule has 0 aromatic heterocycles. The zero-order valence-electron chi connectivity index (χ0n) is 15.6. The Morgan fingerprint density at radius 3 is 1.92 bits per heavy atom. The number of hydrogen-bond donors (Lipinski definition) is 1. The molecule has 0 bridgehead atoms. The van der Waals surface area contributed by atoms with Gasteiger partial charge in [-0.1, -0.05) is 39.0 Å². The Morgan fingerprint density at radius 2 is 1.36 bits per heavy atom. The van der Waals surface area contributed by atoms with Crippen molar-refractivity contribution in [3.05, 3.63) is 54.6 Å². The van der Waals surface area contributed by atoms with Crippen LogP contribution in [0.25, 0.3) is 0 Å². The quantitative estimate of drug-likeness (QED) is 0.749. The molecule has 25 heavy (non-hydrogen) atoms. The van der Waals surface area contributed by atoms with Crippen LogP contribution in [0, 0.1) is 5.41 Å². The molecule has 134 valence electrons. The SMILES string of the molecule is CC(C)(C)CC(C)(C)NC(=O)Oc1ccc(Oc2ccccc2)cc1. The van der Waals surface area contributed by atoms with Crippen molar-refractivity contribution in [3.8, 4) is 17.2 Å². The van der Waals surface area contributed by atoms with Crippen molar-refractivity contribution in [2.45, 2.75) is 46.6 Å². The van der Waals surface area contributed by atoms with Crippen molar-refractivity contribution in [1.29, 1.82) is 0 Å². The lowest BCUT2D eigenvalue weighted by atomic mass is 9.82. The summed E-state index contributed by atoms with van der Waals surface area (Å²) in [4.78, 5) is 12.1. The summed E-state index contributed by atoms with van der Waals surface area (Å²) in [5.41, 5.74) is -0.223. The smallest absolute Gasteiger partial charge is 0.413 e. The highest BCUT2D eigenvalue weighted by atomic mass is 16.6. The molecule has 0 saturated heterocycles. The lowest BCUT2D eigenvalue weighted by Crippen LogP contribution is -2.47. The fourth-order valence-electron chi connectivity index (χ4n) is 2.98. The molecule has 1 amide bonds. The third-order valence-electron chi connectivity index (χ3n) is 3.43. The second-order valence-electron chi connectivity index (χ2n) is 8.02. The van der Waals surface area contributed by atoms with Crippen molar-refractivity contribution in [1.82, 2.24) is 5.32 Å². The summed E-state index contributed by atoms with van der Waals surface area (Å²) in [6.07, 6.45) is 0.393. The van der Waals surface area contributed by atoms with Gasteiger partial charge in [-0.15, -0.1) is 0 Å². The monoisotopic (exact) mass is 341 g/mol. The van der Waals surface area contributed by atoms with E-state index in [1.54, 1.807) is 24.3 Å². The van der Waals surface area contributed by atoms with Gasteiger partial charge in [0.1, 0.15) is 17.2 Å². The van der Waals surface area contributed by atoms with Crippen LogP contribution in [-0.2, 0) is 0 Å². The molecule has 2 rings (SSSR count). The summed E-state index contributed by atoms with van der Waals surface area (Å²) in [6.45, 7) is 10.4. The Bertz CT molecular complexity index is 685. The molecule has 1 N–H and O–H groups in total. The fourth-order valence-corrected chi connectivity index (χ4v) is 2.98. The van der Waals surface area contributed by atoms with Gasteiger partial charge in [-0.05, 0) is 62.1 Å². The minimum Gasteiger partial charge on any atom is -0.457 e. The standard InChI is InChI=1S/C21H27NO3/c1-20(2,3)15-21(4,5)22-19(23)25-18-13-11-17(12-14-18)24-16-9-7-6-8-10-16/h6-14H,15H2,1-5H3,(H,22,23). The summed E-state index contributed by atoms with van der Waals surface area (Å²) in [7, 11) is 0. The number of carbonyl (C=O) groups excluding carboxylic acids is 1. The van der Waals surface area contributed by atoms with E-state index >= 15 is 0 Å². The summed E-state index contributed by atoms with van der Waals surface area (Å²) < 4.78 is 11.1. The summed E-state index contributed by atoms with van der Waals surface area (Å²) in [6, 6.07) is 16.5. The number of nitrogens with one attached hydrogen (secondary N) is 1.